The van der Waals surface area contributed by atoms with Crippen LogP contribution in [0.1, 0.15) is 11.9 Å². The topological polar surface area (TPSA) is 71.1 Å². The molecule has 108 valence electrons. The van der Waals surface area contributed by atoms with Gasteiger partial charge < -0.3 is 5.32 Å². The lowest BCUT2D eigenvalue weighted by Gasteiger charge is -2.08. The minimum absolute atomic E-state index is 0.0534. The van der Waals surface area contributed by atoms with E-state index >= 15 is 0 Å². The van der Waals surface area contributed by atoms with Crippen LogP contribution in [0.5, 0.6) is 0 Å². The summed E-state index contributed by atoms with van der Waals surface area (Å²) in [6, 6.07) is 7.04. The Bertz CT molecular complexity index is 668. The van der Waals surface area contributed by atoms with E-state index in [-0.39, 0.29) is 5.75 Å². The van der Waals surface area contributed by atoms with E-state index in [1.165, 1.54) is 11.3 Å². The number of hydrogen-bond acceptors (Lipinski definition) is 5. The largest absolute Gasteiger partial charge is 0.379 e. The number of aromatic nitrogens is 1. The molecule has 0 spiro atoms. The smallest absolute Gasteiger partial charge is 0.232 e. The van der Waals surface area contributed by atoms with Crippen LogP contribution in [0.2, 0.25) is 4.34 Å². The van der Waals surface area contributed by atoms with Crippen molar-refractivity contribution < 1.29 is 8.42 Å². The van der Waals surface area contributed by atoms with Crippen LogP contribution < -0.4 is 10.0 Å². The maximum absolute atomic E-state index is 11.4. The molecule has 5 nitrogen and oxygen atoms in total. The zero-order valence-corrected chi connectivity index (χ0v) is 13.1. The van der Waals surface area contributed by atoms with E-state index in [1.54, 1.807) is 25.3 Å². The Morgan fingerprint density at radius 1 is 1.25 bits per heavy atom. The first kappa shape index (κ1) is 15.1. The standard InChI is InChI=1S/C12H14ClN3O2S2/c1-2-20(17,18)16-10-5-3-9(4-6-10)14-8-12-15-7-11(13)19-12/h3-7,14,16H,2,8H2,1H3. The fraction of sp³-hybridized carbons (Fsp3) is 0.250. The van der Waals surface area contributed by atoms with Gasteiger partial charge in [-0.05, 0) is 31.2 Å². The number of nitrogens with zero attached hydrogens (tertiary/aromatic N) is 1. The highest BCUT2D eigenvalue weighted by atomic mass is 35.5. The minimum Gasteiger partial charge on any atom is -0.379 e. The van der Waals surface area contributed by atoms with E-state index in [0.29, 0.717) is 16.6 Å². The molecule has 1 aromatic heterocycles. The molecule has 2 aromatic rings. The van der Waals surface area contributed by atoms with Gasteiger partial charge in [0.1, 0.15) is 9.34 Å². The van der Waals surface area contributed by atoms with Crippen molar-refractivity contribution in [1.82, 2.24) is 4.98 Å². The van der Waals surface area contributed by atoms with Crippen molar-refractivity contribution in [3.8, 4) is 0 Å². The van der Waals surface area contributed by atoms with Gasteiger partial charge in [0, 0.05) is 11.4 Å². The zero-order chi connectivity index (χ0) is 14.6. The van der Waals surface area contributed by atoms with Crippen LogP contribution in [0.25, 0.3) is 0 Å². The van der Waals surface area contributed by atoms with Gasteiger partial charge in [-0.2, -0.15) is 0 Å². The molecule has 0 aliphatic carbocycles. The lowest BCUT2D eigenvalue weighted by Crippen LogP contribution is -2.14. The summed E-state index contributed by atoms with van der Waals surface area (Å²) in [6.45, 7) is 2.18. The molecular weight excluding hydrogens is 318 g/mol. The summed E-state index contributed by atoms with van der Waals surface area (Å²) < 4.78 is 26.0. The van der Waals surface area contributed by atoms with Crippen molar-refractivity contribution in [2.75, 3.05) is 15.8 Å². The van der Waals surface area contributed by atoms with Gasteiger partial charge in [-0.25, -0.2) is 13.4 Å². The van der Waals surface area contributed by atoms with Crippen LogP contribution in [0, 0.1) is 0 Å². The van der Waals surface area contributed by atoms with Crippen LogP contribution in [0.4, 0.5) is 11.4 Å². The average molecular weight is 332 g/mol. The Morgan fingerprint density at radius 2 is 1.90 bits per heavy atom. The predicted octanol–water partition coefficient (Wildman–Crippen LogP) is 3.17. The Morgan fingerprint density at radius 3 is 2.45 bits per heavy atom. The lowest BCUT2D eigenvalue weighted by atomic mass is 10.3. The molecule has 0 aliphatic heterocycles. The summed E-state index contributed by atoms with van der Waals surface area (Å²) in [5.74, 6) is 0.0534. The van der Waals surface area contributed by atoms with Crippen molar-refractivity contribution in [3.63, 3.8) is 0 Å². The highest BCUT2D eigenvalue weighted by molar-refractivity contribution is 7.92. The van der Waals surface area contributed by atoms with E-state index in [2.05, 4.69) is 15.0 Å². The molecule has 0 bridgehead atoms. The molecule has 0 fully saturated rings. The molecule has 2 rings (SSSR count). The molecule has 0 saturated carbocycles. The molecule has 0 saturated heterocycles. The van der Waals surface area contributed by atoms with E-state index < -0.39 is 10.0 Å². The summed E-state index contributed by atoms with van der Waals surface area (Å²) in [6.07, 6.45) is 1.62. The molecular formula is C12H14ClN3O2S2. The highest BCUT2D eigenvalue weighted by Gasteiger charge is 2.06. The van der Waals surface area contributed by atoms with Crippen LogP contribution >= 0.6 is 22.9 Å². The molecule has 0 atom stereocenters. The summed E-state index contributed by atoms with van der Waals surface area (Å²) in [7, 11) is -3.23. The van der Waals surface area contributed by atoms with Gasteiger partial charge in [0.15, 0.2) is 0 Å². The normalized spacial score (nSPS) is 11.3. The number of sulfonamides is 1. The predicted molar refractivity (Wildman–Crippen MR) is 84.0 cm³/mol. The van der Waals surface area contributed by atoms with Gasteiger partial charge in [-0.3, -0.25) is 4.72 Å². The first-order chi connectivity index (χ1) is 9.48. The molecule has 0 amide bonds. The summed E-state index contributed by atoms with van der Waals surface area (Å²) >= 11 is 7.22. The van der Waals surface area contributed by atoms with Crippen LogP contribution in [-0.4, -0.2) is 19.2 Å². The Balaban J connectivity index is 1.94. The first-order valence-electron chi connectivity index (χ1n) is 5.93. The number of nitrogens with one attached hydrogen (secondary N) is 2. The first-order valence-corrected chi connectivity index (χ1v) is 8.78. The second-order valence-corrected chi connectivity index (χ2v) is 7.75. The number of benzene rings is 1. The SMILES string of the molecule is CCS(=O)(=O)Nc1ccc(NCc2ncc(Cl)s2)cc1. The van der Waals surface area contributed by atoms with Gasteiger partial charge in [-0.15, -0.1) is 11.3 Å². The van der Waals surface area contributed by atoms with Gasteiger partial charge in [0.05, 0.1) is 18.5 Å². The molecule has 2 N–H and O–H groups in total. The maximum Gasteiger partial charge on any atom is 0.232 e. The van der Waals surface area contributed by atoms with E-state index in [1.807, 2.05) is 12.1 Å². The Hall–Kier alpha value is -1.31. The Kier molecular flexibility index (Phi) is 4.85. The molecule has 20 heavy (non-hydrogen) atoms. The van der Waals surface area contributed by atoms with Crippen molar-refractivity contribution in [1.29, 1.82) is 0 Å². The number of thiazole rings is 1. The molecule has 1 aromatic carbocycles. The van der Waals surface area contributed by atoms with Gasteiger partial charge in [-0.1, -0.05) is 11.6 Å². The minimum atomic E-state index is -3.23. The number of hydrogen-bond donors (Lipinski definition) is 2. The summed E-state index contributed by atoms with van der Waals surface area (Å²) in [5, 5.41) is 4.08. The van der Waals surface area contributed by atoms with E-state index in [4.69, 9.17) is 11.6 Å². The number of anilines is 2. The number of rotatable bonds is 6. The van der Waals surface area contributed by atoms with Crippen LogP contribution in [0.15, 0.2) is 30.5 Å². The monoisotopic (exact) mass is 331 g/mol. The van der Waals surface area contributed by atoms with Crippen molar-refractivity contribution in [3.05, 3.63) is 39.8 Å². The third-order valence-electron chi connectivity index (χ3n) is 2.51. The van der Waals surface area contributed by atoms with Gasteiger partial charge in [0.25, 0.3) is 0 Å². The lowest BCUT2D eigenvalue weighted by molar-refractivity contribution is 0.602. The van der Waals surface area contributed by atoms with Crippen molar-refractivity contribution in [2.24, 2.45) is 0 Å². The highest BCUT2D eigenvalue weighted by Crippen LogP contribution is 2.20. The summed E-state index contributed by atoms with van der Waals surface area (Å²) in [4.78, 5) is 4.14. The number of halogens is 1. The molecule has 0 radical (unpaired) electrons. The zero-order valence-electron chi connectivity index (χ0n) is 10.8. The fourth-order valence-electron chi connectivity index (χ4n) is 1.46. The molecule has 1 heterocycles. The van der Waals surface area contributed by atoms with Crippen molar-refractivity contribution in [2.45, 2.75) is 13.5 Å². The Labute approximate surface area is 127 Å². The third kappa shape index (κ3) is 4.36. The molecule has 8 heteroatoms. The van der Waals surface area contributed by atoms with Crippen LogP contribution in [0.3, 0.4) is 0 Å². The quantitative estimate of drug-likeness (QED) is 0.853. The average Bonchev–Trinajstić information content (AvgIpc) is 2.83. The van der Waals surface area contributed by atoms with Crippen molar-refractivity contribution >= 4 is 44.3 Å². The fourth-order valence-corrected chi connectivity index (χ4v) is 2.99. The van der Waals surface area contributed by atoms with Gasteiger partial charge >= 0.3 is 0 Å². The molecule has 0 aliphatic rings. The third-order valence-corrected chi connectivity index (χ3v) is 4.93. The summed E-state index contributed by atoms with van der Waals surface area (Å²) in [5.41, 5.74) is 1.44. The second-order valence-electron chi connectivity index (χ2n) is 3.99. The van der Waals surface area contributed by atoms with E-state index in [0.717, 1.165) is 10.7 Å². The maximum atomic E-state index is 11.4. The molecule has 0 unspecified atom stereocenters. The van der Waals surface area contributed by atoms with Gasteiger partial charge in [0.2, 0.25) is 10.0 Å². The van der Waals surface area contributed by atoms with E-state index in [9.17, 15) is 8.42 Å². The second kappa shape index (κ2) is 6.43. The van der Waals surface area contributed by atoms with Crippen LogP contribution in [-0.2, 0) is 16.6 Å².